The third kappa shape index (κ3) is 3.81. The number of benzene rings is 1. The molecule has 2 nitrogen and oxygen atoms in total. The number of halogens is 2. The Morgan fingerprint density at radius 3 is 2.67 bits per heavy atom. The van der Waals surface area contributed by atoms with Crippen LogP contribution in [0.25, 0.3) is 0 Å². The zero-order valence-electron chi connectivity index (χ0n) is 9.94. The lowest BCUT2D eigenvalue weighted by Crippen LogP contribution is -2.27. The minimum Gasteiger partial charge on any atom is -0.342 e. The summed E-state index contributed by atoms with van der Waals surface area (Å²) in [6, 6.07) is 7.77. The predicted molar refractivity (Wildman–Crippen MR) is 77.6 cm³/mol. The molecule has 1 fully saturated rings. The van der Waals surface area contributed by atoms with Gasteiger partial charge in [0.15, 0.2) is 0 Å². The van der Waals surface area contributed by atoms with E-state index in [4.69, 9.17) is 23.2 Å². The van der Waals surface area contributed by atoms with Crippen molar-refractivity contribution in [3.63, 3.8) is 0 Å². The molecule has 1 amide bonds. The lowest BCUT2D eigenvalue weighted by atomic mass is 10.2. The number of carbonyl (C=O) groups excluding carboxylic acids is 1. The van der Waals surface area contributed by atoms with Crippen LogP contribution in [0, 0.1) is 5.92 Å². The van der Waals surface area contributed by atoms with Crippen molar-refractivity contribution in [2.24, 2.45) is 5.92 Å². The monoisotopic (exact) mass is 303 g/mol. The Morgan fingerprint density at radius 1 is 1.33 bits per heavy atom. The molecule has 1 aliphatic rings. The van der Waals surface area contributed by atoms with Gasteiger partial charge in [0.25, 0.3) is 0 Å². The molecule has 98 valence electrons. The molecule has 1 unspecified atom stereocenters. The molecule has 0 aliphatic carbocycles. The lowest BCUT2D eigenvalue weighted by molar-refractivity contribution is -0.127. The summed E-state index contributed by atoms with van der Waals surface area (Å²) in [5, 5.41) is 0.749. The average Bonchev–Trinajstić information content (AvgIpc) is 2.73. The number of hydrogen-bond donors (Lipinski definition) is 0. The second kappa shape index (κ2) is 6.69. The zero-order chi connectivity index (χ0) is 13.0. The maximum Gasteiger partial charge on any atom is 0.222 e. The molecule has 1 aromatic carbocycles. The standard InChI is InChI=1S/C13H15Cl2NOS/c14-8-10-7-13(17)16(9-10)5-6-18-12-3-1-11(15)2-4-12/h1-4,10H,5-9H2. The summed E-state index contributed by atoms with van der Waals surface area (Å²) >= 11 is 13.4. The van der Waals surface area contributed by atoms with E-state index in [-0.39, 0.29) is 5.91 Å². The number of likely N-dealkylation sites (tertiary alicyclic amines) is 1. The van der Waals surface area contributed by atoms with Gasteiger partial charge in [0.2, 0.25) is 5.91 Å². The van der Waals surface area contributed by atoms with Crippen molar-refractivity contribution in [1.82, 2.24) is 4.90 Å². The number of carbonyl (C=O) groups is 1. The van der Waals surface area contributed by atoms with Crippen molar-refractivity contribution >= 4 is 40.9 Å². The number of nitrogens with zero attached hydrogens (tertiary/aromatic N) is 1. The fourth-order valence-corrected chi connectivity index (χ4v) is 3.19. The smallest absolute Gasteiger partial charge is 0.222 e. The van der Waals surface area contributed by atoms with E-state index < -0.39 is 0 Å². The van der Waals surface area contributed by atoms with E-state index in [1.807, 2.05) is 29.2 Å². The summed E-state index contributed by atoms with van der Waals surface area (Å²) in [6.45, 7) is 1.60. The van der Waals surface area contributed by atoms with E-state index in [9.17, 15) is 4.79 Å². The Hall–Kier alpha value is -0.380. The Balaban J connectivity index is 1.75. The van der Waals surface area contributed by atoms with Crippen molar-refractivity contribution in [2.75, 3.05) is 24.7 Å². The van der Waals surface area contributed by atoms with Crippen LogP contribution >= 0.6 is 35.0 Å². The van der Waals surface area contributed by atoms with Crippen LogP contribution in [0.4, 0.5) is 0 Å². The predicted octanol–water partition coefficient (Wildman–Crippen LogP) is 3.52. The van der Waals surface area contributed by atoms with E-state index in [1.165, 1.54) is 4.90 Å². The van der Waals surface area contributed by atoms with Crippen molar-refractivity contribution in [3.05, 3.63) is 29.3 Å². The molecule has 18 heavy (non-hydrogen) atoms. The number of thioether (sulfide) groups is 1. The van der Waals surface area contributed by atoms with Gasteiger partial charge in [-0.15, -0.1) is 23.4 Å². The molecule has 5 heteroatoms. The van der Waals surface area contributed by atoms with E-state index >= 15 is 0 Å². The minimum absolute atomic E-state index is 0.234. The van der Waals surface area contributed by atoms with Crippen LogP contribution in [0.1, 0.15) is 6.42 Å². The molecular weight excluding hydrogens is 289 g/mol. The van der Waals surface area contributed by atoms with Crippen LogP contribution in [0.15, 0.2) is 29.2 Å². The third-order valence-electron chi connectivity index (χ3n) is 2.96. The first kappa shape index (κ1) is 14.0. The normalized spacial score (nSPS) is 19.6. The van der Waals surface area contributed by atoms with Crippen LogP contribution in [0.5, 0.6) is 0 Å². The molecule has 0 bridgehead atoms. The van der Waals surface area contributed by atoms with Gasteiger partial charge < -0.3 is 4.90 Å². The van der Waals surface area contributed by atoms with Gasteiger partial charge >= 0.3 is 0 Å². The van der Waals surface area contributed by atoms with E-state index in [0.29, 0.717) is 18.2 Å². The highest BCUT2D eigenvalue weighted by Gasteiger charge is 2.28. The van der Waals surface area contributed by atoms with Gasteiger partial charge in [-0.3, -0.25) is 4.79 Å². The highest BCUT2D eigenvalue weighted by molar-refractivity contribution is 7.99. The van der Waals surface area contributed by atoms with Crippen molar-refractivity contribution in [2.45, 2.75) is 11.3 Å². The first-order valence-electron chi connectivity index (χ1n) is 5.91. The molecule has 1 aliphatic heterocycles. The van der Waals surface area contributed by atoms with Crippen LogP contribution in [0.2, 0.25) is 5.02 Å². The maximum atomic E-state index is 11.7. The first-order chi connectivity index (χ1) is 8.69. The van der Waals surface area contributed by atoms with Crippen molar-refractivity contribution < 1.29 is 4.79 Å². The van der Waals surface area contributed by atoms with Gasteiger partial charge in [-0.2, -0.15) is 0 Å². The Labute approximate surface area is 122 Å². The molecule has 0 saturated carbocycles. The van der Waals surface area contributed by atoms with Gasteiger partial charge in [0.05, 0.1) is 0 Å². The van der Waals surface area contributed by atoms with Crippen molar-refractivity contribution in [3.8, 4) is 0 Å². The zero-order valence-corrected chi connectivity index (χ0v) is 12.3. The van der Waals surface area contributed by atoms with Crippen molar-refractivity contribution in [1.29, 1.82) is 0 Å². The molecule has 1 saturated heterocycles. The summed E-state index contributed by atoms with van der Waals surface area (Å²) < 4.78 is 0. The lowest BCUT2D eigenvalue weighted by Gasteiger charge is -2.15. The number of rotatable bonds is 5. The van der Waals surface area contributed by atoms with Crippen LogP contribution in [-0.2, 0) is 4.79 Å². The highest BCUT2D eigenvalue weighted by Crippen LogP contribution is 2.23. The van der Waals surface area contributed by atoms with Crippen LogP contribution in [-0.4, -0.2) is 35.5 Å². The van der Waals surface area contributed by atoms with Crippen LogP contribution < -0.4 is 0 Å². The van der Waals surface area contributed by atoms with E-state index in [0.717, 1.165) is 23.9 Å². The molecule has 1 aromatic rings. The second-order valence-corrected chi connectivity index (χ2v) is 6.28. The molecule has 1 atom stereocenters. The molecule has 0 aromatic heterocycles. The quantitative estimate of drug-likeness (QED) is 0.613. The minimum atomic E-state index is 0.234. The Bertz CT molecular complexity index is 410. The summed E-state index contributed by atoms with van der Waals surface area (Å²) in [4.78, 5) is 14.8. The van der Waals surface area contributed by atoms with Gasteiger partial charge in [0.1, 0.15) is 0 Å². The fourth-order valence-electron chi connectivity index (χ4n) is 1.98. The summed E-state index contributed by atoms with van der Waals surface area (Å²) in [7, 11) is 0. The van der Waals surface area contributed by atoms with Gasteiger partial charge in [0, 0.05) is 41.1 Å². The molecular formula is C13H15Cl2NOS. The molecule has 2 rings (SSSR count). The Morgan fingerprint density at radius 2 is 2.06 bits per heavy atom. The summed E-state index contributed by atoms with van der Waals surface area (Å²) in [5.74, 6) is 2.05. The first-order valence-corrected chi connectivity index (χ1v) is 7.81. The topological polar surface area (TPSA) is 20.3 Å². The average molecular weight is 304 g/mol. The summed E-state index contributed by atoms with van der Waals surface area (Å²) in [6.07, 6.45) is 0.606. The van der Waals surface area contributed by atoms with E-state index in [2.05, 4.69) is 0 Å². The molecule has 0 spiro atoms. The molecule has 0 radical (unpaired) electrons. The SMILES string of the molecule is O=C1CC(CCl)CN1CCSc1ccc(Cl)cc1. The summed E-state index contributed by atoms with van der Waals surface area (Å²) in [5.41, 5.74) is 0. The fraction of sp³-hybridized carbons (Fsp3) is 0.462. The number of hydrogen-bond acceptors (Lipinski definition) is 2. The van der Waals surface area contributed by atoms with Gasteiger partial charge in [-0.1, -0.05) is 11.6 Å². The van der Waals surface area contributed by atoms with Gasteiger partial charge in [-0.05, 0) is 30.2 Å². The molecule has 0 N–H and O–H groups in total. The van der Waals surface area contributed by atoms with Crippen LogP contribution in [0.3, 0.4) is 0 Å². The number of amides is 1. The largest absolute Gasteiger partial charge is 0.342 e. The Kier molecular flexibility index (Phi) is 5.22. The van der Waals surface area contributed by atoms with Gasteiger partial charge in [-0.25, -0.2) is 0 Å². The maximum absolute atomic E-state index is 11.7. The third-order valence-corrected chi connectivity index (χ3v) is 4.64. The number of alkyl halides is 1. The molecule has 1 heterocycles. The second-order valence-electron chi connectivity index (χ2n) is 4.37. The highest BCUT2D eigenvalue weighted by atomic mass is 35.5. The van der Waals surface area contributed by atoms with E-state index in [1.54, 1.807) is 11.8 Å².